The van der Waals surface area contributed by atoms with Crippen molar-refractivity contribution in [3.63, 3.8) is 0 Å². The fourth-order valence-electron chi connectivity index (χ4n) is 0.744. The molecule has 0 aromatic carbocycles. The molecule has 0 unspecified atom stereocenters. The Balaban J connectivity index is 2.53. The molecule has 1 atom stereocenters. The van der Waals surface area contributed by atoms with Gasteiger partial charge in [-0.2, -0.15) is 0 Å². The van der Waals surface area contributed by atoms with E-state index in [1.807, 2.05) is 6.07 Å². The maximum Gasteiger partial charge on any atom is 0.222 e. The van der Waals surface area contributed by atoms with E-state index in [1.54, 1.807) is 12.4 Å². The first kappa shape index (κ1) is 8.97. The van der Waals surface area contributed by atoms with Gasteiger partial charge in [-0.15, -0.1) is 0 Å². The Kier molecular flexibility index (Phi) is 3.02. The van der Waals surface area contributed by atoms with Gasteiger partial charge >= 0.3 is 0 Å². The molecule has 0 bridgehead atoms. The Hall–Kier alpha value is -1.12. The van der Waals surface area contributed by atoms with Crippen LogP contribution in [0.1, 0.15) is 20.8 Å². The first-order chi connectivity index (χ1) is 5.70. The quantitative estimate of drug-likeness (QED) is 0.743. The fraction of sp³-hybridized carbons (Fsp3) is 0.556. The lowest BCUT2D eigenvalue weighted by Crippen LogP contribution is -2.22. The third-order valence-corrected chi connectivity index (χ3v) is 1.92. The highest BCUT2D eigenvalue weighted by Crippen LogP contribution is 2.05. The summed E-state index contributed by atoms with van der Waals surface area (Å²) in [5.74, 6) is 1.30. The van der Waals surface area contributed by atoms with Crippen LogP contribution in [0.15, 0.2) is 18.5 Å². The first-order valence-electron chi connectivity index (χ1n) is 4.23. The van der Waals surface area contributed by atoms with Gasteiger partial charge in [0.1, 0.15) is 0 Å². The SMILES string of the molecule is CC(C)[C@@H](C)Nc1ncccn1. The number of rotatable bonds is 3. The van der Waals surface area contributed by atoms with E-state index in [9.17, 15) is 0 Å². The van der Waals surface area contributed by atoms with Gasteiger partial charge in [0.15, 0.2) is 0 Å². The van der Waals surface area contributed by atoms with Crippen molar-refractivity contribution in [2.45, 2.75) is 26.8 Å². The highest BCUT2D eigenvalue weighted by atomic mass is 15.1. The fourth-order valence-corrected chi connectivity index (χ4v) is 0.744. The Morgan fingerprint density at radius 1 is 1.17 bits per heavy atom. The minimum Gasteiger partial charge on any atom is -0.352 e. The zero-order valence-corrected chi connectivity index (χ0v) is 7.78. The highest BCUT2D eigenvalue weighted by Gasteiger charge is 2.06. The minimum atomic E-state index is 0.410. The van der Waals surface area contributed by atoms with Crippen molar-refractivity contribution in [1.29, 1.82) is 0 Å². The van der Waals surface area contributed by atoms with Gasteiger partial charge in [0.25, 0.3) is 0 Å². The first-order valence-corrected chi connectivity index (χ1v) is 4.23. The van der Waals surface area contributed by atoms with E-state index in [0.717, 1.165) is 0 Å². The lowest BCUT2D eigenvalue weighted by molar-refractivity contribution is 0.556. The summed E-state index contributed by atoms with van der Waals surface area (Å²) >= 11 is 0. The van der Waals surface area contributed by atoms with Crippen LogP contribution in [-0.2, 0) is 0 Å². The molecule has 1 aromatic heterocycles. The number of anilines is 1. The molecular weight excluding hydrogens is 150 g/mol. The molecule has 1 aromatic rings. The normalized spacial score (nSPS) is 13.0. The maximum absolute atomic E-state index is 4.08. The van der Waals surface area contributed by atoms with Crippen LogP contribution < -0.4 is 5.32 Å². The van der Waals surface area contributed by atoms with Crippen molar-refractivity contribution >= 4 is 5.95 Å². The van der Waals surface area contributed by atoms with Crippen molar-refractivity contribution in [2.75, 3.05) is 5.32 Å². The molecule has 0 radical (unpaired) electrons. The van der Waals surface area contributed by atoms with Gasteiger partial charge in [0.2, 0.25) is 5.95 Å². The number of hydrogen-bond donors (Lipinski definition) is 1. The summed E-state index contributed by atoms with van der Waals surface area (Å²) in [6.45, 7) is 6.46. The van der Waals surface area contributed by atoms with Crippen molar-refractivity contribution in [3.8, 4) is 0 Å². The maximum atomic E-state index is 4.08. The molecule has 3 nitrogen and oxygen atoms in total. The number of nitrogens with zero attached hydrogens (tertiary/aromatic N) is 2. The molecule has 0 saturated heterocycles. The Bertz CT molecular complexity index is 220. The molecule has 1 rings (SSSR count). The third kappa shape index (κ3) is 2.49. The Labute approximate surface area is 73.2 Å². The molecule has 0 aliphatic carbocycles. The van der Waals surface area contributed by atoms with Crippen molar-refractivity contribution in [2.24, 2.45) is 5.92 Å². The predicted molar refractivity (Wildman–Crippen MR) is 50.0 cm³/mol. The van der Waals surface area contributed by atoms with Crippen LogP contribution in [0.4, 0.5) is 5.95 Å². The number of nitrogens with one attached hydrogen (secondary N) is 1. The molecule has 66 valence electrons. The second kappa shape index (κ2) is 4.04. The molecule has 0 amide bonds. The summed E-state index contributed by atoms with van der Waals surface area (Å²) in [6.07, 6.45) is 3.48. The van der Waals surface area contributed by atoms with E-state index in [2.05, 4.69) is 36.1 Å². The second-order valence-corrected chi connectivity index (χ2v) is 3.25. The lowest BCUT2D eigenvalue weighted by Gasteiger charge is -2.16. The van der Waals surface area contributed by atoms with Crippen LogP contribution in [0.25, 0.3) is 0 Å². The van der Waals surface area contributed by atoms with Gasteiger partial charge in [-0.25, -0.2) is 9.97 Å². The average molecular weight is 165 g/mol. The molecule has 0 fully saturated rings. The van der Waals surface area contributed by atoms with Gasteiger partial charge in [-0.1, -0.05) is 13.8 Å². The van der Waals surface area contributed by atoms with E-state index in [1.165, 1.54) is 0 Å². The van der Waals surface area contributed by atoms with Crippen LogP contribution in [0, 0.1) is 5.92 Å². The molecule has 12 heavy (non-hydrogen) atoms. The number of hydrogen-bond acceptors (Lipinski definition) is 3. The second-order valence-electron chi connectivity index (χ2n) is 3.25. The summed E-state index contributed by atoms with van der Waals surface area (Å²) in [5, 5.41) is 3.22. The summed E-state index contributed by atoms with van der Waals surface area (Å²) < 4.78 is 0. The molecule has 0 aliphatic heterocycles. The van der Waals surface area contributed by atoms with Gasteiger partial charge in [-0.3, -0.25) is 0 Å². The monoisotopic (exact) mass is 165 g/mol. The van der Waals surface area contributed by atoms with E-state index in [-0.39, 0.29) is 0 Å². The third-order valence-electron chi connectivity index (χ3n) is 1.92. The summed E-state index contributed by atoms with van der Waals surface area (Å²) in [7, 11) is 0. The molecular formula is C9H15N3. The highest BCUT2D eigenvalue weighted by molar-refractivity contribution is 5.23. The molecule has 1 heterocycles. The minimum absolute atomic E-state index is 0.410. The van der Waals surface area contributed by atoms with E-state index >= 15 is 0 Å². The smallest absolute Gasteiger partial charge is 0.222 e. The summed E-state index contributed by atoms with van der Waals surface area (Å²) in [5.41, 5.74) is 0. The van der Waals surface area contributed by atoms with E-state index in [4.69, 9.17) is 0 Å². The largest absolute Gasteiger partial charge is 0.352 e. The number of aromatic nitrogens is 2. The van der Waals surface area contributed by atoms with E-state index in [0.29, 0.717) is 17.9 Å². The Morgan fingerprint density at radius 2 is 1.75 bits per heavy atom. The van der Waals surface area contributed by atoms with Crippen LogP contribution in [0.5, 0.6) is 0 Å². The predicted octanol–water partition coefficient (Wildman–Crippen LogP) is 1.93. The van der Waals surface area contributed by atoms with Gasteiger partial charge in [0, 0.05) is 18.4 Å². The van der Waals surface area contributed by atoms with Crippen molar-refractivity contribution in [1.82, 2.24) is 9.97 Å². The van der Waals surface area contributed by atoms with Crippen LogP contribution in [0.3, 0.4) is 0 Å². The molecule has 1 N–H and O–H groups in total. The van der Waals surface area contributed by atoms with Crippen molar-refractivity contribution < 1.29 is 0 Å². The van der Waals surface area contributed by atoms with Crippen molar-refractivity contribution in [3.05, 3.63) is 18.5 Å². The van der Waals surface area contributed by atoms with Crippen LogP contribution in [-0.4, -0.2) is 16.0 Å². The topological polar surface area (TPSA) is 37.8 Å². The molecule has 0 saturated carbocycles. The van der Waals surface area contributed by atoms with Gasteiger partial charge < -0.3 is 5.32 Å². The summed E-state index contributed by atoms with van der Waals surface area (Å²) in [4.78, 5) is 8.16. The Morgan fingerprint density at radius 3 is 2.25 bits per heavy atom. The molecule has 3 heteroatoms. The lowest BCUT2D eigenvalue weighted by atomic mass is 10.1. The van der Waals surface area contributed by atoms with Gasteiger partial charge in [0.05, 0.1) is 0 Å². The molecule has 0 aliphatic rings. The van der Waals surface area contributed by atoms with Gasteiger partial charge in [-0.05, 0) is 18.9 Å². The standard InChI is InChI=1S/C9H15N3/c1-7(2)8(3)12-9-10-5-4-6-11-9/h4-8H,1-3H3,(H,10,11,12)/t8-/m1/s1. The zero-order valence-electron chi connectivity index (χ0n) is 7.78. The molecule has 0 spiro atoms. The average Bonchev–Trinajstić information content (AvgIpc) is 2.06. The van der Waals surface area contributed by atoms with Crippen LogP contribution in [0.2, 0.25) is 0 Å². The van der Waals surface area contributed by atoms with E-state index < -0.39 is 0 Å². The van der Waals surface area contributed by atoms with Crippen LogP contribution >= 0.6 is 0 Å². The summed E-state index contributed by atoms with van der Waals surface area (Å²) in [6, 6.07) is 2.22. The zero-order chi connectivity index (χ0) is 8.97.